The van der Waals surface area contributed by atoms with Crippen LogP contribution in [0.25, 0.3) is 5.57 Å². The van der Waals surface area contributed by atoms with Gasteiger partial charge in [-0.25, -0.2) is 15.2 Å². The fourth-order valence-corrected chi connectivity index (χ4v) is 4.73. The van der Waals surface area contributed by atoms with E-state index < -0.39 is 42.5 Å². The van der Waals surface area contributed by atoms with Crippen LogP contribution < -0.4 is 11.6 Å². The highest BCUT2D eigenvalue weighted by Gasteiger charge is 2.45. The van der Waals surface area contributed by atoms with Gasteiger partial charge in [-0.2, -0.15) is 18.3 Å². The average Bonchev–Trinajstić information content (AvgIpc) is 3.18. The minimum absolute atomic E-state index is 0.0527. The number of likely N-dealkylation sites (N-methyl/N-ethyl adjacent to an activating group) is 1. The second-order valence-electron chi connectivity index (χ2n) is 9.11. The van der Waals surface area contributed by atoms with Crippen LogP contribution in [-0.4, -0.2) is 74.7 Å². The molecule has 0 saturated carbocycles. The van der Waals surface area contributed by atoms with E-state index in [1.807, 2.05) is 13.2 Å². The van der Waals surface area contributed by atoms with Crippen molar-refractivity contribution in [2.45, 2.75) is 31.1 Å². The Morgan fingerprint density at radius 2 is 2.06 bits per heavy atom. The number of rotatable bonds is 5. The van der Waals surface area contributed by atoms with Crippen molar-refractivity contribution in [3.8, 4) is 0 Å². The lowest BCUT2D eigenvalue weighted by atomic mass is 9.89. The Morgan fingerprint density at radius 1 is 1.31 bits per heavy atom. The third kappa shape index (κ3) is 5.30. The standard InChI is InChI=1S/C23H28F4N8O/c1-32-10-14(15-9-31-33(2)11-15)8-30-21(32)18(28)12-35(29)20-7-6-16-17(24)4-3-5-19(16)34(22(20)36)13-23(25,26)27/h3-5,8-9,11-12,16,19-20H,6-7,10,13,28-29H2,1-2H3/b18-12-. The van der Waals surface area contributed by atoms with E-state index in [4.69, 9.17) is 11.6 Å². The summed E-state index contributed by atoms with van der Waals surface area (Å²) in [5, 5.41) is 5.15. The Bertz CT molecular complexity index is 1170. The number of hydrazine groups is 1. The van der Waals surface area contributed by atoms with Crippen molar-refractivity contribution in [2.24, 2.45) is 29.5 Å². The summed E-state index contributed by atoms with van der Waals surface area (Å²) in [4.78, 5) is 20.1. The maximum atomic E-state index is 14.5. The van der Waals surface area contributed by atoms with E-state index in [1.54, 1.807) is 29.0 Å². The molecule has 1 aromatic heterocycles. The number of carbonyl (C=O) groups is 1. The smallest absolute Gasteiger partial charge is 0.395 e. The van der Waals surface area contributed by atoms with Crippen molar-refractivity contribution < 1.29 is 22.4 Å². The van der Waals surface area contributed by atoms with Gasteiger partial charge in [0.1, 0.15) is 18.4 Å². The Morgan fingerprint density at radius 3 is 2.69 bits per heavy atom. The number of aryl methyl sites for hydroxylation is 1. The van der Waals surface area contributed by atoms with Crippen molar-refractivity contribution in [3.63, 3.8) is 0 Å². The molecule has 4 N–H and O–H groups in total. The summed E-state index contributed by atoms with van der Waals surface area (Å²) in [5.41, 5.74) is 8.18. The third-order valence-corrected chi connectivity index (χ3v) is 6.45. The molecule has 0 radical (unpaired) electrons. The molecule has 1 aromatic rings. The zero-order chi connectivity index (χ0) is 26.2. The lowest BCUT2D eigenvalue weighted by Crippen LogP contribution is -2.54. The Balaban J connectivity index is 1.58. The lowest BCUT2D eigenvalue weighted by molar-refractivity contribution is -0.167. The van der Waals surface area contributed by atoms with Crippen molar-refractivity contribution in [3.05, 3.63) is 60.1 Å². The second-order valence-corrected chi connectivity index (χ2v) is 9.11. The van der Waals surface area contributed by atoms with Crippen LogP contribution in [0.4, 0.5) is 17.6 Å². The summed E-state index contributed by atoms with van der Waals surface area (Å²) in [6.45, 7) is -1.03. The number of aliphatic imine (C=N–C) groups is 1. The number of likely N-dealkylation sites (tertiary alicyclic amines) is 1. The average molecular weight is 509 g/mol. The number of allylic oxidation sites excluding steroid dienone is 2. The van der Waals surface area contributed by atoms with E-state index in [-0.39, 0.29) is 18.5 Å². The highest BCUT2D eigenvalue weighted by molar-refractivity contribution is 6.00. The molecular weight excluding hydrogens is 480 g/mol. The lowest BCUT2D eigenvalue weighted by Gasteiger charge is -2.36. The third-order valence-electron chi connectivity index (χ3n) is 6.45. The minimum atomic E-state index is -4.66. The number of amides is 1. The SMILES string of the molecule is CN1CC(c2cnn(C)c2)=CN=C1/C(N)=C/N(N)C1CCC2C(F)=CC=CC2N(CC(F)(F)F)C1=O. The number of hydrogen-bond acceptors (Lipinski definition) is 7. The van der Waals surface area contributed by atoms with Crippen LogP contribution in [-0.2, 0) is 11.8 Å². The van der Waals surface area contributed by atoms with Crippen molar-refractivity contribution >= 4 is 17.3 Å². The van der Waals surface area contributed by atoms with E-state index in [1.165, 1.54) is 24.4 Å². The predicted octanol–water partition coefficient (Wildman–Crippen LogP) is 2.04. The van der Waals surface area contributed by atoms with Gasteiger partial charge in [-0.1, -0.05) is 12.2 Å². The predicted molar refractivity (Wildman–Crippen MR) is 126 cm³/mol. The van der Waals surface area contributed by atoms with Gasteiger partial charge in [-0.3, -0.25) is 9.48 Å². The molecule has 3 atom stereocenters. The molecule has 194 valence electrons. The summed E-state index contributed by atoms with van der Waals surface area (Å²) >= 11 is 0. The van der Waals surface area contributed by atoms with Crippen LogP contribution in [0, 0.1) is 5.92 Å². The number of fused-ring (bicyclic) bond motifs is 1. The van der Waals surface area contributed by atoms with Gasteiger partial charge in [0.15, 0.2) is 5.84 Å². The molecule has 3 heterocycles. The van der Waals surface area contributed by atoms with Gasteiger partial charge in [0.2, 0.25) is 5.91 Å². The first kappa shape index (κ1) is 25.5. The maximum Gasteiger partial charge on any atom is 0.406 e. The highest BCUT2D eigenvalue weighted by Crippen LogP contribution is 2.36. The Labute approximate surface area is 205 Å². The number of carbonyl (C=O) groups excluding carboxylic acids is 1. The first-order valence-corrected chi connectivity index (χ1v) is 11.3. The zero-order valence-corrected chi connectivity index (χ0v) is 19.9. The summed E-state index contributed by atoms with van der Waals surface area (Å²) in [7, 11) is 3.58. The largest absolute Gasteiger partial charge is 0.406 e. The molecule has 3 unspecified atom stereocenters. The van der Waals surface area contributed by atoms with Crippen LogP contribution in [0.5, 0.6) is 0 Å². The summed E-state index contributed by atoms with van der Waals surface area (Å²) in [5.74, 6) is 4.27. The van der Waals surface area contributed by atoms with Gasteiger partial charge in [-0.15, -0.1) is 0 Å². The summed E-state index contributed by atoms with van der Waals surface area (Å²) in [6, 6.07) is -2.21. The summed E-state index contributed by atoms with van der Waals surface area (Å²) < 4.78 is 56.2. The summed E-state index contributed by atoms with van der Waals surface area (Å²) in [6.07, 6.45) is 6.00. The van der Waals surface area contributed by atoms with Crippen LogP contribution in [0.2, 0.25) is 0 Å². The van der Waals surface area contributed by atoms with E-state index in [2.05, 4.69) is 10.1 Å². The first-order chi connectivity index (χ1) is 16.9. The number of aromatic nitrogens is 2. The number of hydrogen-bond donors (Lipinski definition) is 2. The molecule has 0 bridgehead atoms. The topological polar surface area (TPSA) is 109 Å². The van der Waals surface area contributed by atoms with Crippen LogP contribution in [0.15, 0.2) is 59.5 Å². The molecule has 9 nitrogen and oxygen atoms in total. The zero-order valence-electron chi connectivity index (χ0n) is 19.9. The Hall–Kier alpha value is -3.61. The van der Waals surface area contributed by atoms with Crippen molar-refractivity contribution in [1.29, 1.82) is 0 Å². The monoisotopic (exact) mass is 508 g/mol. The first-order valence-electron chi connectivity index (χ1n) is 11.3. The molecular formula is C23H28F4N8O. The van der Waals surface area contributed by atoms with Gasteiger partial charge in [-0.05, 0) is 18.9 Å². The molecule has 4 rings (SSSR count). The van der Waals surface area contributed by atoms with E-state index in [9.17, 15) is 22.4 Å². The second kappa shape index (κ2) is 9.80. The van der Waals surface area contributed by atoms with Crippen LogP contribution in [0.1, 0.15) is 18.4 Å². The molecule has 1 saturated heterocycles. The van der Waals surface area contributed by atoms with Gasteiger partial charge in [0.25, 0.3) is 0 Å². The molecule has 1 aliphatic carbocycles. The van der Waals surface area contributed by atoms with Gasteiger partial charge >= 0.3 is 6.18 Å². The van der Waals surface area contributed by atoms with E-state index >= 15 is 0 Å². The van der Waals surface area contributed by atoms with Crippen LogP contribution >= 0.6 is 0 Å². The number of halogens is 4. The van der Waals surface area contributed by atoms with E-state index in [0.29, 0.717) is 17.3 Å². The van der Waals surface area contributed by atoms with Gasteiger partial charge in [0.05, 0.1) is 17.9 Å². The van der Waals surface area contributed by atoms with Gasteiger partial charge < -0.3 is 20.5 Å². The number of alkyl halides is 3. The molecule has 36 heavy (non-hydrogen) atoms. The normalized spacial score (nSPS) is 25.2. The molecule has 2 aliphatic heterocycles. The maximum absolute atomic E-state index is 14.5. The molecule has 0 aromatic carbocycles. The molecule has 1 fully saturated rings. The fraction of sp³-hybridized carbons (Fsp3) is 0.435. The molecule has 0 spiro atoms. The van der Waals surface area contributed by atoms with Gasteiger partial charge in [0, 0.05) is 56.3 Å². The highest BCUT2D eigenvalue weighted by atomic mass is 19.4. The number of nitrogens with zero attached hydrogens (tertiary/aromatic N) is 6. The number of amidine groups is 1. The molecule has 3 aliphatic rings. The molecule has 1 amide bonds. The quantitative estimate of drug-likeness (QED) is 0.358. The Kier molecular flexibility index (Phi) is 6.94. The molecule has 13 heteroatoms. The van der Waals surface area contributed by atoms with Crippen molar-refractivity contribution in [1.82, 2.24) is 24.6 Å². The number of nitrogens with two attached hydrogens (primary N) is 2. The fourth-order valence-electron chi connectivity index (χ4n) is 4.73. The van der Waals surface area contributed by atoms with Crippen molar-refractivity contribution in [2.75, 3.05) is 20.1 Å². The van der Waals surface area contributed by atoms with Crippen LogP contribution in [0.3, 0.4) is 0 Å². The minimum Gasteiger partial charge on any atom is -0.395 e. The van der Waals surface area contributed by atoms with E-state index in [0.717, 1.165) is 16.1 Å².